The van der Waals surface area contributed by atoms with Crippen LogP contribution in [0.25, 0.3) is 21.7 Å². The summed E-state index contributed by atoms with van der Waals surface area (Å²) in [7, 11) is 0. The molecule has 4 N–H and O–H groups in total. The quantitative estimate of drug-likeness (QED) is 0.508. The Hall–Kier alpha value is -3.60. The molecule has 0 aliphatic heterocycles. The number of H-pyrrole nitrogens is 1. The molecule has 1 aromatic heterocycles. The molecular weight excluding hydrogens is 338 g/mol. The van der Waals surface area contributed by atoms with Crippen LogP contribution in [0.1, 0.15) is 15.9 Å². The smallest absolute Gasteiger partial charge is 0.251 e. The van der Waals surface area contributed by atoms with Crippen LogP contribution < -0.4 is 11.1 Å². The van der Waals surface area contributed by atoms with Gasteiger partial charge in [0.25, 0.3) is 5.91 Å². The van der Waals surface area contributed by atoms with Crippen LogP contribution in [-0.4, -0.2) is 16.8 Å². The molecular formula is C22H18N3O2. The van der Waals surface area contributed by atoms with Crippen molar-refractivity contribution in [2.75, 3.05) is 5.32 Å². The van der Waals surface area contributed by atoms with Crippen LogP contribution >= 0.6 is 0 Å². The summed E-state index contributed by atoms with van der Waals surface area (Å²) < 4.78 is 0. The molecule has 0 saturated heterocycles. The standard InChI is InChI=1S/C22H18N3O2/c23-22(27)21-17-7-2-1-5-14(17)9-11-19(21)25-20(26)12-10-15-13-24-18-8-4-3-6-16(15)18/h1-9,11-13,24H,10H2,(H2,23,27)(H,25,26). The Labute approximate surface area is 156 Å². The number of fused-ring (bicyclic) bond motifs is 2. The molecule has 0 aliphatic rings. The fraction of sp³-hybridized carbons (Fsp3) is 0.0455. The number of aromatic amines is 1. The fourth-order valence-electron chi connectivity index (χ4n) is 3.33. The number of nitrogens with one attached hydrogen (secondary N) is 2. The predicted octanol–water partition coefficient (Wildman–Crippen LogP) is 3.81. The third-order valence-corrected chi connectivity index (χ3v) is 4.62. The van der Waals surface area contributed by atoms with Gasteiger partial charge in [-0.15, -0.1) is 0 Å². The lowest BCUT2D eigenvalue weighted by Gasteiger charge is -2.11. The highest BCUT2D eigenvalue weighted by molar-refractivity contribution is 6.13. The molecule has 133 valence electrons. The highest BCUT2D eigenvalue weighted by atomic mass is 16.2. The maximum absolute atomic E-state index is 12.4. The Balaban J connectivity index is 1.54. The van der Waals surface area contributed by atoms with Crippen LogP contribution in [0, 0.1) is 6.42 Å². The molecule has 27 heavy (non-hydrogen) atoms. The minimum atomic E-state index is -0.571. The van der Waals surface area contributed by atoms with E-state index in [1.54, 1.807) is 12.5 Å². The number of para-hydroxylation sites is 1. The third-order valence-electron chi connectivity index (χ3n) is 4.62. The van der Waals surface area contributed by atoms with Crippen LogP contribution in [0.4, 0.5) is 5.69 Å². The lowest BCUT2D eigenvalue weighted by Crippen LogP contribution is -2.19. The van der Waals surface area contributed by atoms with Crippen molar-refractivity contribution in [3.05, 3.63) is 84.4 Å². The van der Waals surface area contributed by atoms with Gasteiger partial charge in [-0.2, -0.15) is 0 Å². The fourth-order valence-corrected chi connectivity index (χ4v) is 3.33. The van der Waals surface area contributed by atoms with E-state index in [4.69, 9.17) is 5.73 Å². The molecule has 0 aliphatic carbocycles. The Morgan fingerprint density at radius 3 is 2.52 bits per heavy atom. The number of hydrogen-bond acceptors (Lipinski definition) is 2. The van der Waals surface area contributed by atoms with Crippen molar-refractivity contribution in [1.29, 1.82) is 0 Å². The zero-order chi connectivity index (χ0) is 18.8. The van der Waals surface area contributed by atoms with E-state index in [1.165, 1.54) is 0 Å². The molecule has 0 saturated carbocycles. The van der Waals surface area contributed by atoms with Gasteiger partial charge >= 0.3 is 0 Å². The zero-order valence-corrected chi connectivity index (χ0v) is 14.5. The Morgan fingerprint density at radius 1 is 0.963 bits per heavy atom. The summed E-state index contributed by atoms with van der Waals surface area (Å²) in [6, 6.07) is 18.9. The van der Waals surface area contributed by atoms with Gasteiger partial charge in [-0.05, 0) is 34.9 Å². The van der Waals surface area contributed by atoms with Crippen molar-refractivity contribution in [3.63, 3.8) is 0 Å². The number of amides is 2. The number of carbonyl (C=O) groups excluding carboxylic acids is 2. The first-order valence-corrected chi connectivity index (χ1v) is 8.64. The molecule has 5 heteroatoms. The molecule has 1 radical (unpaired) electrons. The molecule has 0 fully saturated rings. The second-order valence-corrected chi connectivity index (χ2v) is 6.33. The first-order chi connectivity index (χ1) is 13.1. The van der Waals surface area contributed by atoms with Gasteiger partial charge < -0.3 is 16.0 Å². The second kappa shape index (κ2) is 6.96. The van der Waals surface area contributed by atoms with Crippen LogP contribution in [0.15, 0.2) is 66.9 Å². The number of anilines is 1. The van der Waals surface area contributed by atoms with Crippen molar-refractivity contribution < 1.29 is 9.59 Å². The van der Waals surface area contributed by atoms with E-state index in [1.807, 2.05) is 60.8 Å². The van der Waals surface area contributed by atoms with E-state index in [-0.39, 0.29) is 5.91 Å². The summed E-state index contributed by atoms with van der Waals surface area (Å²) in [5.41, 5.74) is 8.37. The average molecular weight is 356 g/mol. The molecule has 0 bridgehead atoms. The number of carbonyl (C=O) groups is 2. The maximum atomic E-state index is 12.4. The Kier molecular flexibility index (Phi) is 4.34. The van der Waals surface area contributed by atoms with Crippen LogP contribution in [0.5, 0.6) is 0 Å². The Bertz CT molecular complexity index is 1160. The van der Waals surface area contributed by atoms with Gasteiger partial charge in [0.2, 0.25) is 5.91 Å². The highest BCUT2D eigenvalue weighted by Gasteiger charge is 2.15. The zero-order valence-electron chi connectivity index (χ0n) is 14.5. The van der Waals surface area contributed by atoms with E-state index in [0.29, 0.717) is 17.7 Å². The van der Waals surface area contributed by atoms with Gasteiger partial charge in [0, 0.05) is 17.1 Å². The SMILES string of the molecule is NC(=O)c1c(NC(=O)[CH]Cc2c[nH]c3ccccc23)ccc2ccccc12. The summed E-state index contributed by atoms with van der Waals surface area (Å²) in [5.74, 6) is -0.850. The molecule has 5 nitrogen and oxygen atoms in total. The van der Waals surface area contributed by atoms with Gasteiger partial charge in [0.1, 0.15) is 0 Å². The normalized spacial score (nSPS) is 11.0. The van der Waals surface area contributed by atoms with E-state index < -0.39 is 5.91 Å². The maximum Gasteiger partial charge on any atom is 0.251 e. The van der Waals surface area contributed by atoms with Gasteiger partial charge in [-0.25, -0.2) is 0 Å². The number of hydrogen-bond donors (Lipinski definition) is 3. The second-order valence-electron chi connectivity index (χ2n) is 6.33. The molecule has 4 aromatic rings. The Morgan fingerprint density at radius 2 is 1.70 bits per heavy atom. The van der Waals surface area contributed by atoms with Crippen molar-refractivity contribution in [1.82, 2.24) is 4.98 Å². The minimum absolute atomic E-state index is 0.280. The molecule has 4 rings (SSSR count). The molecule has 0 atom stereocenters. The molecule has 2 amide bonds. The summed E-state index contributed by atoms with van der Waals surface area (Å²) in [6.07, 6.45) is 3.95. The summed E-state index contributed by atoms with van der Waals surface area (Å²) in [6.45, 7) is 0. The van der Waals surface area contributed by atoms with Gasteiger partial charge in [0.15, 0.2) is 0 Å². The van der Waals surface area contributed by atoms with Crippen molar-refractivity contribution in [2.24, 2.45) is 5.73 Å². The van der Waals surface area contributed by atoms with E-state index in [9.17, 15) is 9.59 Å². The van der Waals surface area contributed by atoms with Gasteiger partial charge in [-0.1, -0.05) is 48.5 Å². The predicted molar refractivity (Wildman–Crippen MR) is 107 cm³/mol. The van der Waals surface area contributed by atoms with Crippen LogP contribution in [0.3, 0.4) is 0 Å². The molecule has 0 unspecified atom stereocenters. The topological polar surface area (TPSA) is 88.0 Å². The third kappa shape index (κ3) is 3.27. The lowest BCUT2D eigenvalue weighted by atomic mass is 10.0. The van der Waals surface area contributed by atoms with Crippen molar-refractivity contribution in [2.45, 2.75) is 6.42 Å². The molecule has 1 heterocycles. The number of rotatable bonds is 5. The van der Waals surface area contributed by atoms with Gasteiger partial charge in [-0.3, -0.25) is 9.59 Å². The monoisotopic (exact) mass is 356 g/mol. The lowest BCUT2D eigenvalue weighted by molar-refractivity contribution is -0.113. The van der Waals surface area contributed by atoms with E-state index in [0.717, 1.165) is 27.2 Å². The summed E-state index contributed by atoms with van der Waals surface area (Å²) in [5, 5.41) is 5.49. The average Bonchev–Trinajstić information content (AvgIpc) is 3.09. The van der Waals surface area contributed by atoms with Crippen LogP contribution in [-0.2, 0) is 11.2 Å². The summed E-state index contributed by atoms with van der Waals surface area (Å²) >= 11 is 0. The minimum Gasteiger partial charge on any atom is -0.366 e. The number of nitrogens with two attached hydrogens (primary N) is 1. The number of benzene rings is 3. The first-order valence-electron chi connectivity index (χ1n) is 8.64. The highest BCUT2D eigenvalue weighted by Crippen LogP contribution is 2.26. The number of primary amides is 1. The van der Waals surface area contributed by atoms with Crippen LogP contribution in [0.2, 0.25) is 0 Å². The van der Waals surface area contributed by atoms with Crippen molar-refractivity contribution in [3.8, 4) is 0 Å². The summed E-state index contributed by atoms with van der Waals surface area (Å²) in [4.78, 5) is 27.6. The first kappa shape index (κ1) is 16.8. The molecule has 3 aromatic carbocycles. The van der Waals surface area contributed by atoms with E-state index >= 15 is 0 Å². The molecule has 0 spiro atoms. The van der Waals surface area contributed by atoms with Crippen molar-refractivity contribution >= 4 is 39.2 Å². The number of aromatic nitrogens is 1. The van der Waals surface area contributed by atoms with E-state index in [2.05, 4.69) is 10.3 Å². The van der Waals surface area contributed by atoms with Gasteiger partial charge in [0.05, 0.1) is 17.7 Å². The largest absolute Gasteiger partial charge is 0.366 e.